The third-order valence-electron chi connectivity index (χ3n) is 7.20. The topological polar surface area (TPSA) is 89.5 Å². The van der Waals surface area contributed by atoms with Crippen molar-refractivity contribution >= 4 is 17.0 Å². The Labute approximate surface area is 210 Å². The maximum absolute atomic E-state index is 14.6. The van der Waals surface area contributed by atoms with E-state index in [1.807, 2.05) is 38.7 Å². The molecule has 2 fully saturated rings. The monoisotopic (exact) mass is 498 g/mol. The quantitative estimate of drug-likeness (QED) is 0.516. The molecule has 2 saturated heterocycles. The first-order chi connectivity index (χ1) is 17.2. The molecule has 0 spiro atoms. The number of hydrogen-bond donors (Lipinski definition) is 0. The van der Waals surface area contributed by atoms with E-state index in [0.29, 0.717) is 23.9 Å². The number of fused-ring (bicyclic) bond motifs is 1. The molecular formula is C26H35FN6O3. The van der Waals surface area contributed by atoms with Crippen molar-refractivity contribution in [3.8, 4) is 5.95 Å². The molecule has 9 nitrogen and oxygen atoms in total. The molecule has 0 unspecified atom stereocenters. The number of halogens is 1. The van der Waals surface area contributed by atoms with Gasteiger partial charge in [0.05, 0.1) is 5.69 Å². The summed E-state index contributed by atoms with van der Waals surface area (Å²) in [5, 5.41) is 9.47. The first-order valence-electron chi connectivity index (χ1n) is 13.0. The SMILES string of the molecule is CCc1nn(-c2noc(C3CCN(C4CCN(C(=O)OC(C)(C)C)CC4)CC3)n2)c2c(F)cccc12. The second-order valence-corrected chi connectivity index (χ2v) is 10.8. The Balaban J connectivity index is 1.19. The van der Waals surface area contributed by atoms with Crippen molar-refractivity contribution in [2.24, 2.45) is 0 Å². The Kier molecular flexibility index (Phi) is 6.72. The van der Waals surface area contributed by atoms with E-state index in [1.165, 1.54) is 10.7 Å². The number of hydrogen-bond acceptors (Lipinski definition) is 7. The molecule has 0 aliphatic carbocycles. The maximum atomic E-state index is 14.6. The maximum Gasteiger partial charge on any atom is 0.410 e. The van der Waals surface area contributed by atoms with Gasteiger partial charge in [-0.1, -0.05) is 19.1 Å². The van der Waals surface area contributed by atoms with Crippen LogP contribution in [-0.4, -0.2) is 73.6 Å². The van der Waals surface area contributed by atoms with Crippen LogP contribution in [0.5, 0.6) is 0 Å². The van der Waals surface area contributed by atoms with Crippen LogP contribution in [0.15, 0.2) is 22.7 Å². The normalized spacial score (nSPS) is 18.8. The number of ether oxygens (including phenoxy) is 1. The van der Waals surface area contributed by atoms with E-state index in [2.05, 4.69) is 20.1 Å². The van der Waals surface area contributed by atoms with Gasteiger partial charge in [-0.05, 0) is 77.2 Å². The third-order valence-corrected chi connectivity index (χ3v) is 7.20. The Hall–Kier alpha value is -3.01. The molecule has 1 aromatic carbocycles. The van der Waals surface area contributed by atoms with Gasteiger partial charge >= 0.3 is 6.09 Å². The zero-order valence-electron chi connectivity index (χ0n) is 21.5. The van der Waals surface area contributed by atoms with Gasteiger partial charge in [0.2, 0.25) is 5.89 Å². The number of benzene rings is 1. The van der Waals surface area contributed by atoms with Gasteiger partial charge in [-0.2, -0.15) is 14.8 Å². The number of carbonyl (C=O) groups is 1. The zero-order chi connectivity index (χ0) is 25.4. The molecule has 4 heterocycles. The standard InChI is InChI=1S/C26H35FN6O3/c1-5-21-19-7-6-8-20(27)22(19)33(29-21)24-28-23(36-30-24)17-9-13-31(14-10-17)18-11-15-32(16-12-18)25(34)35-26(2,3)4/h6-8,17-18H,5,9-16H2,1-4H3. The number of rotatable bonds is 4. The van der Waals surface area contributed by atoms with Gasteiger partial charge in [0, 0.05) is 30.4 Å². The average Bonchev–Trinajstić information content (AvgIpc) is 3.49. The summed E-state index contributed by atoms with van der Waals surface area (Å²) in [5.41, 5.74) is 0.720. The number of piperidine rings is 2. The second kappa shape index (κ2) is 9.80. The fourth-order valence-corrected chi connectivity index (χ4v) is 5.32. The number of amides is 1. The Morgan fingerprint density at radius 1 is 1.14 bits per heavy atom. The molecule has 0 atom stereocenters. The number of nitrogens with zero attached hydrogens (tertiary/aromatic N) is 6. The number of likely N-dealkylation sites (tertiary alicyclic amines) is 2. The molecule has 0 radical (unpaired) electrons. The number of aryl methyl sites for hydroxylation is 1. The summed E-state index contributed by atoms with van der Waals surface area (Å²) in [7, 11) is 0. The number of aromatic nitrogens is 4. The first kappa shape index (κ1) is 24.7. The van der Waals surface area contributed by atoms with Crippen molar-refractivity contribution in [1.82, 2.24) is 29.7 Å². The molecule has 0 bridgehead atoms. The highest BCUT2D eigenvalue weighted by Crippen LogP contribution is 2.31. The van der Waals surface area contributed by atoms with Crippen LogP contribution in [-0.2, 0) is 11.2 Å². The van der Waals surface area contributed by atoms with E-state index in [9.17, 15) is 9.18 Å². The van der Waals surface area contributed by atoms with E-state index in [0.717, 1.165) is 62.9 Å². The van der Waals surface area contributed by atoms with Crippen LogP contribution in [0.1, 0.15) is 70.9 Å². The minimum absolute atomic E-state index is 0.168. The minimum atomic E-state index is -0.471. The van der Waals surface area contributed by atoms with E-state index in [-0.39, 0.29) is 23.8 Å². The summed E-state index contributed by atoms with van der Waals surface area (Å²) in [6.07, 6.45) is 4.21. The molecular weight excluding hydrogens is 463 g/mol. The van der Waals surface area contributed by atoms with Crippen molar-refractivity contribution in [3.63, 3.8) is 0 Å². The minimum Gasteiger partial charge on any atom is -0.444 e. The lowest BCUT2D eigenvalue weighted by Gasteiger charge is -2.41. The highest BCUT2D eigenvalue weighted by Gasteiger charge is 2.33. The molecule has 2 aliphatic heterocycles. The smallest absolute Gasteiger partial charge is 0.410 e. The Morgan fingerprint density at radius 2 is 1.86 bits per heavy atom. The van der Waals surface area contributed by atoms with Gasteiger partial charge in [0.25, 0.3) is 5.95 Å². The molecule has 0 saturated carbocycles. The van der Waals surface area contributed by atoms with Gasteiger partial charge in [-0.3, -0.25) is 0 Å². The summed E-state index contributed by atoms with van der Waals surface area (Å²) < 4.78 is 27.2. The lowest BCUT2D eigenvalue weighted by molar-refractivity contribution is 0.0124. The first-order valence-corrected chi connectivity index (χ1v) is 13.0. The van der Waals surface area contributed by atoms with Crippen LogP contribution >= 0.6 is 0 Å². The van der Waals surface area contributed by atoms with Crippen molar-refractivity contribution in [1.29, 1.82) is 0 Å². The Morgan fingerprint density at radius 3 is 2.53 bits per heavy atom. The van der Waals surface area contributed by atoms with Crippen molar-refractivity contribution in [2.45, 2.75) is 77.4 Å². The third kappa shape index (κ3) is 4.96. The largest absolute Gasteiger partial charge is 0.444 e. The molecule has 194 valence electrons. The molecule has 10 heteroatoms. The van der Waals surface area contributed by atoms with Crippen molar-refractivity contribution in [2.75, 3.05) is 26.2 Å². The zero-order valence-corrected chi connectivity index (χ0v) is 21.5. The van der Waals surface area contributed by atoms with Crippen molar-refractivity contribution in [3.05, 3.63) is 35.6 Å². The molecule has 1 amide bonds. The summed E-state index contributed by atoms with van der Waals surface area (Å²) >= 11 is 0. The van der Waals surface area contributed by atoms with E-state index < -0.39 is 5.60 Å². The highest BCUT2D eigenvalue weighted by molar-refractivity contribution is 5.83. The average molecular weight is 499 g/mol. The molecule has 2 aromatic heterocycles. The fourth-order valence-electron chi connectivity index (χ4n) is 5.32. The highest BCUT2D eigenvalue weighted by atomic mass is 19.1. The molecule has 5 rings (SSSR count). The second-order valence-electron chi connectivity index (χ2n) is 10.8. The summed E-state index contributed by atoms with van der Waals surface area (Å²) in [6, 6.07) is 5.46. The summed E-state index contributed by atoms with van der Waals surface area (Å²) in [6.45, 7) is 11.0. The van der Waals surface area contributed by atoms with Crippen LogP contribution < -0.4 is 0 Å². The van der Waals surface area contributed by atoms with Crippen LogP contribution in [0.3, 0.4) is 0 Å². The molecule has 0 N–H and O–H groups in total. The van der Waals surface area contributed by atoms with Crippen LogP contribution in [0.4, 0.5) is 9.18 Å². The summed E-state index contributed by atoms with van der Waals surface area (Å²) in [4.78, 5) is 21.3. The van der Waals surface area contributed by atoms with Crippen LogP contribution in [0.2, 0.25) is 0 Å². The van der Waals surface area contributed by atoms with Crippen LogP contribution in [0.25, 0.3) is 16.9 Å². The number of carbonyl (C=O) groups excluding carboxylic acids is 1. The lowest BCUT2D eigenvalue weighted by Crippen LogP contribution is -2.49. The van der Waals surface area contributed by atoms with E-state index >= 15 is 0 Å². The predicted octanol–water partition coefficient (Wildman–Crippen LogP) is 4.69. The van der Waals surface area contributed by atoms with Gasteiger partial charge in [0.15, 0.2) is 0 Å². The van der Waals surface area contributed by atoms with Gasteiger partial charge in [0.1, 0.15) is 16.9 Å². The van der Waals surface area contributed by atoms with E-state index in [1.54, 1.807) is 6.07 Å². The predicted molar refractivity (Wildman–Crippen MR) is 133 cm³/mol. The van der Waals surface area contributed by atoms with Gasteiger partial charge in [-0.25, -0.2) is 9.18 Å². The lowest BCUT2D eigenvalue weighted by atomic mass is 9.93. The van der Waals surface area contributed by atoms with E-state index in [4.69, 9.17) is 9.26 Å². The van der Waals surface area contributed by atoms with Crippen molar-refractivity contribution < 1.29 is 18.4 Å². The molecule has 36 heavy (non-hydrogen) atoms. The summed E-state index contributed by atoms with van der Waals surface area (Å²) in [5.74, 6) is 0.679. The van der Waals surface area contributed by atoms with Gasteiger partial charge < -0.3 is 19.1 Å². The number of para-hydroxylation sites is 1. The Bertz CT molecular complexity index is 1220. The van der Waals surface area contributed by atoms with Crippen LogP contribution in [0, 0.1) is 5.82 Å². The fraction of sp³-hybridized carbons (Fsp3) is 0.615. The molecule has 2 aliphatic rings. The van der Waals surface area contributed by atoms with Gasteiger partial charge in [-0.15, -0.1) is 0 Å². The molecule has 3 aromatic rings.